The van der Waals surface area contributed by atoms with E-state index in [0.717, 1.165) is 50.3 Å². The number of benzene rings is 1. The van der Waals surface area contributed by atoms with Gasteiger partial charge in [0.25, 0.3) is 5.91 Å². The molecular formula is C22H28N4O4. The van der Waals surface area contributed by atoms with Crippen molar-refractivity contribution in [2.24, 2.45) is 11.3 Å². The average molecular weight is 412 g/mol. The van der Waals surface area contributed by atoms with Gasteiger partial charge in [-0.3, -0.25) is 24.6 Å². The zero-order chi connectivity index (χ0) is 20.9. The van der Waals surface area contributed by atoms with Gasteiger partial charge >= 0.3 is 0 Å². The molecule has 3 unspecified atom stereocenters. The molecule has 3 saturated heterocycles. The Hall–Kier alpha value is -2.29. The lowest BCUT2D eigenvalue weighted by atomic mass is 9.74. The molecule has 8 heteroatoms. The number of nitrogens with one attached hydrogen (secondary N) is 2. The number of imide groups is 1. The molecule has 0 aliphatic carbocycles. The second-order valence-electron chi connectivity index (χ2n) is 9.23. The Kier molecular flexibility index (Phi) is 4.88. The number of nitrogens with zero attached hydrogens (tertiary/aromatic N) is 2. The third-order valence-electron chi connectivity index (χ3n) is 7.39. The predicted octanol–water partition coefficient (Wildman–Crippen LogP) is -0.149. The topological polar surface area (TPSA) is 102 Å². The number of fused-ring (bicyclic) bond motifs is 2. The molecule has 0 bridgehead atoms. The first kappa shape index (κ1) is 19.7. The second-order valence-corrected chi connectivity index (χ2v) is 9.23. The fourth-order valence-corrected chi connectivity index (χ4v) is 5.66. The van der Waals surface area contributed by atoms with Crippen LogP contribution in [0.25, 0.3) is 0 Å². The van der Waals surface area contributed by atoms with Gasteiger partial charge in [0, 0.05) is 43.6 Å². The van der Waals surface area contributed by atoms with Crippen molar-refractivity contribution in [2.75, 3.05) is 32.8 Å². The van der Waals surface area contributed by atoms with E-state index in [9.17, 15) is 19.5 Å². The molecule has 5 rings (SSSR count). The highest BCUT2D eigenvalue weighted by atomic mass is 16.3. The lowest BCUT2D eigenvalue weighted by Crippen LogP contribution is -2.52. The van der Waals surface area contributed by atoms with Gasteiger partial charge in [-0.15, -0.1) is 0 Å². The summed E-state index contributed by atoms with van der Waals surface area (Å²) < 4.78 is 0. The van der Waals surface area contributed by atoms with Crippen LogP contribution in [0.15, 0.2) is 18.2 Å². The van der Waals surface area contributed by atoms with Gasteiger partial charge < -0.3 is 15.3 Å². The molecule has 3 atom stereocenters. The van der Waals surface area contributed by atoms with Gasteiger partial charge in [-0.05, 0) is 49.0 Å². The van der Waals surface area contributed by atoms with Crippen molar-refractivity contribution in [2.45, 2.75) is 38.4 Å². The Morgan fingerprint density at radius 3 is 2.87 bits per heavy atom. The smallest absolute Gasteiger partial charge is 0.255 e. The van der Waals surface area contributed by atoms with E-state index in [-0.39, 0.29) is 36.2 Å². The van der Waals surface area contributed by atoms with Crippen molar-refractivity contribution in [1.82, 2.24) is 20.4 Å². The van der Waals surface area contributed by atoms with E-state index in [1.54, 1.807) is 4.90 Å². The summed E-state index contributed by atoms with van der Waals surface area (Å²) in [6, 6.07) is 5.42. The lowest BCUT2D eigenvalue weighted by molar-refractivity contribution is -0.136. The van der Waals surface area contributed by atoms with Crippen molar-refractivity contribution >= 4 is 17.7 Å². The fraction of sp³-hybridized carbons (Fsp3) is 0.591. The molecule has 4 heterocycles. The SMILES string of the molecule is O=C1CCC(N2Cc3ccc(CN4CC5CNCCC5(CO)C4)cc3C2=O)C(=O)N1. The monoisotopic (exact) mass is 412 g/mol. The quantitative estimate of drug-likeness (QED) is 0.595. The van der Waals surface area contributed by atoms with E-state index in [1.807, 2.05) is 12.1 Å². The van der Waals surface area contributed by atoms with Crippen LogP contribution in [0.4, 0.5) is 0 Å². The number of aliphatic hydroxyl groups is 1. The van der Waals surface area contributed by atoms with Crippen LogP contribution in [0.3, 0.4) is 0 Å². The van der Waals surface area contributed by atoms with Gasteiger partial charge in [0.05, 0.1) is 6.61 Å². The maximum absolute atomic E-state index is 13.0. The summed E-state index contributed by atoms with van der Waals surface area (Å²) in [5.74, 6) is -0.331. The van der Waals surface area contributed by atoms with Crippen LogP contribution in [0.2, 0.25) is 0 Å². The minimum absolute atomic E-state index is 0.0135. The van der Waals surface area contributed by atoms with E-state index in [1.165, 1.54) is 0 Å². The molecule has 0 radical (unpaired) electrons. The van der Waals surface area contributed by atoms with Crippen LogP contribution in [0, 0.1) is 11.3 Å². The number of aliphatic hydroxyl groups excluding tert-OH is 1. The first-order valence-corrected chi connectivity index (χ1v) is 10.8. The largest absolute Gasteiger partial charge is 0.396 e. The number of likely N-dealkylation sites (tertiary alicyclic amines) is 1. The molecule has 30 heavy (non-hydrogen) atoms. The highest BCUT2D eigenvalue weighted by molar-refractivity contribution is 6.05. The van der Waals surface area contributed by atoms with Gasteiger partial charge in [-0.2, -0.15) is 0 Å². The van der Waals surface area contributed by atoms with Crippen molar-refractivity contribution in [3.63, 3.8) is 0 Å². The highest BCUT2D eigenvalue weighted by Crippen LogP contribution is 2.41. The van der Waals surface area contributed by atoms with Crippen molar-refractivity contribution < 1.29 is 19.5 Å². The molecule has 3 fully saturated rings. The number of rotatable bonds is 4. The molecule has 0 aromatic heterocycles. The fourth-order valence-electron chi connectivity index (χ4n) is 5.66. The number of hydrogen-bond donors (Lipinski definition) is 3. The van der Waals surface area contributed by atoms with Gasteiger partial charge in [0.2, 0.25) is 11.8 Å². The van der Waals surface area contributed by atoms with Gasteiger partial charge in [0.15, 0.2) is 0 Å². The summed E-state index contributed by atoms with van der Waals surface area (Å²) in [7, 11) is 0. The zero-order valence-corrected chi connectivity index (χ0v) is 17.0. The molecule has 1 aromatic carbocycles. The Morgan fingerprint density at radius 1 is 1.23 bits per heavy atom. The molecule has 0 spiro atoms. The number of amides is 3. The lowest BCUT2D eigenvalue weighted by Gasteiger charge is -2.37. The normalized spacial score (nSPS) is 31.6. The maximum Gasteiger partial charge on any atom is 0.255 e. The van der Waals surface area contributed by atoms with Crippen LogP contribution in [-0.4, -0.2) is 71.5 Å². The van der Waals surface area contributed by atoms with E-state index in [2.05, 4.69) is 21.6 Å². The van der Waals surface area contributed by atoms with Gasteiger partial charge in [-0.25, -0.2) is 0 Å². The summed E-state index contributed by atoms with van der Waals surface area (Å²) in [4.78, 5) is 40.6. The molecule has 8 nitrogen and oxygen atoms in total. The highest BCUT2D eigenvalue weighted by Gasteiger charge is 2.47. The number of hydrogen-bond acceptors (Lipinski definition) is 6. The van der Waals surface area contributed by atoms with Crippen molar-refractivity contribution in [3.8, 4) is 0 Å². The van der Waals surface area contributed by atoms with E-state index in [4.69, 9.17) is 0 Å². The first-order chi connectivity index (χ1) is 14.5. The molecule has 4 aliphatic rings. The maximum atomic E-state index is 13.0. The summed E-state index contributed by atoms with van der Waals surface area (Å²) in [5, 5.41) is 15.8. The Labute approximate surface area is 175 Å². The average Bonchev–Trinajstić information content (AvgIpc) is 3.26. The Morgan fingerprint density at radius 2 is 2.10 bits per heavy atom. The minimum atomic E-state index is -0.579. The van der Waals surface area contributed by atoms with Crippen LogP contribution >= 0.6 is 0 Å². The zero-order valence-electron chi connectivity index (χ0n) is 17.0. The molecule has 160 valence electrons. The molecule has 0 saturated carbocycles. The van der Waals surface area contributed by atoms with Crippen LogP contribution < -0.4 is 10.6 Å². The minimum Gasteiger partial charge on any atom is -0.396 e. The van der Waals surface area contributed by atoms with Gasteiger partial charge in [0.1, 0.15) is 6.04 Å². The van der Waals surface area contributed by atoms with Crippen LogP contribution in [0.1, 0.15) is 40.7 Å². The Balaban J connectivity index is 1.30. The first-order valence-electron chi connectivity index (χ1n) is 10.8. The summed E-state index contributed by atoms with van der Waals surface area (Å²) in [6.07, 6.45) is 1.64. The predicted molar refractivity (Wildman–Crippen MR) is 108 cm³/mol. The molecule has 1 aromatic rings. The van der Waals surface area contributed by atoms with Crippen molar-refractivity contribution in [1.29, 1.82) is 0 Å². The van der Waals surface area contributed by atoms with Gasteiger partial charge in [-0.1, -0.05) is 12.1 Å². The van der Waals surface area contributed by atoms with Crippen LogP contribution in [0.5, 0.6) is 0 Å². The van der Waals surface area contributed by atoms with Crippen LogP contribution in [-0.2, 0) is 22.7 Å². The molecule has 3 N–H and O–H groups in total. The molecular weight excluding hydrogens is 384 g/mol. The standard InChI is InChI=1S/C22H28N4O4/c27-13-22-5-6-23-8-16(22)11-25(12-22)9-14-1-2-15-10-26(21(30)17(15)7-14)18-3-4-19(28)24-20(18)29/h1-2,7,16,18,23,27H,3-6,8-13H2,(H,24,28,29). The van der Waals surface area contributed by atoms with E-state index < -0.39 is 6.04 Å². The summed E-state index contributed by atoms with van der Waals surface area (Å²) in [6.45, 7) is 5.10. The number of carbonyl (C=O) groups excluding carboxylic acids is 3. The third-order valence-corrected chi connectivity index (χ3v) is 7.39. The molecule has 3 amide bonds. The second kappa shape index (κ2) is 7.44. The third kappa shape index (κ3) is 3.23. The Bertz CT molecular complexity index is 903. The van der Waals surface area contributed by atoms with Crippen molar-refractivity contribution in [3.05, 3.63) is 34.9 Å². The number of carbonyl (C=O) groups is 3. The van der Waals surface area contributed by atoms with E-state index >= 15 is 0 Å². The molecule has 4 aliphatic heterocycles. The summed E-state index contributed by atoms with van der Waals surface area (Å²) >= 11 is 0. The summed E-state index contributed by atoms with van der Waals surface area (Å²) in [5.41, 5.74) is 2.65. The number of piperidine rings is 2. The van der Waals surface area contributed by atoms with E-state index in [0.29, 0.717) is 24.4 Å².